The van der Waals surface area contributed by atoms with Gasteiger partial charge in [-0.15, -0.1) is 0 Å². The molecule has 5 nitrogen and oxygen atoms in total. The molecule has 4 N–H and O–H groups in total. The maximum atomic E-state index is 13.8. The Morgan fingerprint density at radius 1 is 1.20 bits per heavy atom. The minimum Gasteiger partial charge on any atom is -0.357 e. The molecule has 0 aliphatic heterocycles. The van der Waals surface area contributed by atoms with Crippen molar-refractivity contribution in [2.24, 2.45) is 0 Å². The van der Waals surface area contributed by atoms with Gasteiger partial charge in [-0.25, -0.2) is 18.4 Å². The van der Waals surface area contributed by atoms with Gasteiger partial charge in [0.2, 0.25) is 5.95 Å². The smallest absolute Gasteiger partial charge is 0.227 e. The molecule has 0 atom stereocenters. The Balaban J connectivity index is 1.58. The zero-order chi connectivity index (χ0) is 17.1. The second-order valence-corrected chi connectivity index (χ2v) is 6.47. The van der Waals surface area contributed by atoms with E-state index < -0.39 is 11.6 Å². The molecule has 0 amide bonds. The lowest BCUT2D eigenvalue weighted by Gasteiger charge is -2.05. The Morgan fingerprint density at radius 2 is 2.04 bits per heavy atom. The zero-order valence-electron chi connectivity index (χ0n) is 13.2. The minimum atomic E-state index is -0.640. The molecule has 7 heteroatoms. The molecule has 0 unspecified atom stereocenters. The lowest BCUT2D eigenvalue weighted by atomic mass is 10.1. The van der Waals surface area contributed by atoms with Crippen molar-refractivity contribution in [1.82, 2.24) is 14.6 Å². The van der Waals surface area contributed by atoms with Gasteiger partial charge in [0.25, 0.3) is 0 Å². The largest absolute Gasteiger partial charge is 0.357 e. The van der Waals surface area contributed by atoms with E-state index in [0.717, 1.165) is 17.1 Å². The average Bonchev–Trinajstić information content (AvgIpc) is 3.29. The number of nitrogens with zero attached hydrogens (tertiary/aromatic N) is 2. The lowest BCUT2D eigenvalue weighted by molar-refractivity contribution is 0.591. The highest BCUT2D eigenvalue weighted by atomic mass is 19.1. The van der Waals surface area contributed by atoms with Crippen LogP contribution in [0.25, 0.3) is 21.9 Å². The third-order valence-corrected chi connectivity index (χ3v) is 4.71. The number of rotatable bonds is 3. The third-order valence-electron chi connectivity index (χ3n) is 4.71. The van der Waals surface area contributed by atoms with Crippen LogP contribution in [-0.4, -0.2) is 14.6 Å². The van der Waals surface area contributed by atoms with Gasteiger partial charge in [-0.1, -0.05) is 6.07 Å². The summed E-state index contributed by atoms with van der Waals surface area (Å²) >= 11 is 0. The summed E-state index contributed by atoms with van der Waals surface area (Å²) in [6, 6.07) is 8.20. The molecule has 2 aromatic heterocycles. The standard InChI is InChI=1S/C18H15F2N5/c19-11-6-12-15(8-22-17(12)13(20)7-11)24-18-23-14-5-10(9-1-2-9)3-4-16(14)25(18)21/h3-9,22H,1-2,21H2,(H,23,24). The van der Waals surface area contributed by atoms with Gasteiger partial charge in [0.15, 0.2) is 0 Å². The van der Waals surface area contributed by atoms with Crippen LogP contribution in [0.5, 0.6) is 0 Å². The molecule has 0 bridgehead atoms. The van der Waals surface area contributed by atoms with E-state index >= 15 is 0 Å². The van der Waals surface area contributed by atoms with E-state index in [-0.39, 0.29) is 5.52 Å². The highest BCUT2D eigenvalue weighted by Gasteiger charge is 2.24. The summed E-state index contributed by atoms with van der Waals surface area (Å²) in [7, 11) is 0. The van der Waals surface area contributed by atoms with Gasteiger partial charge in [0.05, 0.1) is 22.2 Å². The van der Waals surface area contributed by atoms with Crippen molar-refractivity contribution < 1.29 is 8.78 Å². The molecule has 1 aliphatic carbocycles. The summed E-state index contributed by atoms with van der Waals surface area (Å²) in [4.78, 5) is 7.34. The fourth-order valence-electron chi connectivity index (χ4n) is 3.25. The maximum Gasteiger partial charge on any atom is 0.227 e. The van der Waals surface area contributed by atoms with Gasteiger partial charge in [-0.05, 0) is 42.5 Å². The molecule has 126 valence electrons. The van der Waals surface area contributed by atoms with E-state index in [1.807, 2.05) is 6.07 Å². The summed E-state index contributed by atoms with van der Waals surface area (Å²) in [5.74, 6) is 5.90. The van der Waals surface area contributed by atoms with Crippen molar-refractivity contribution in [3.63, 3.8) is 0 Å². The molecular weight excluding hydrogens is 324 g/mol. The second-order valence-electron chi connectivity index (χ2n) is 6.47. The molecule has 0 spiro atoms. The molecule has 1 fully saturated rings. The minimum absolute atomic E-state index is 0.236. The van der Waals surface area contributed by atoms with Crippen LogP contribution >= 0.6 is 0 Å². The van der Waals surface area contributed by atoms with Gasteiger partial charge in [0.1, 0.15) is 11.6 Å². The van der Waals surface area contributed by atoms with E-state index in [1.54, 1.807) is 6.20 Å². The number of nitrogens with two attached hydrogens (primary N) is 1. The Hall–Kier alpha value is -3.09. The number of hydrogen-bond acceptors (Lipinski definition) is 3. The predicted octanol–water partition coefficient (Wildman–Crippen LogP) is 4.13. The van der Waals surface area contributed by atoms with Crippen molar-refractivity contribution >= 4 is 33.6 Å². The lowest BCUT2D eigenvalue weighted by Crippen LogP contribution is -2.11. The van der Waals surface area contributed by atoms with Gasteiger partial charge in [-0.2, -0.15) is 0 Å². The van der Waals surface area contributed by atoms with Crippen LogP contribution in [0.3, 0.4) is 0 Å². The van der Waals surface area contributed by atoms with Crippen LogP contribution in [0.1, 0.15) is 24.3 Å². The number of halogens is 2. The molecule has 0 radical (unpaired) electrons. The summed E-state index contributed by atoms with van der Waals surface area (Å²) in [6.07, 6.45) is 4.00. The SMILES string of the molecule is Nn1c(Nc2c[nH]c3c(F)cc(F)cc23)nc2cc(C3CC3)ccc21. The summed E-state index contributed by atoms with van der Waals surface area (Å²) in [5, 5.41) is 3.47. The molecular formula is C18H15F2N5. The van der Waals surface area contributed by atoms with E-state index in [9.17, 15) is 8.78 Å². The molecule has 1 saturated carbocycles. The van der Waals surface area contributed by atoms with E-state index in [1.165, 1.54) is 29.1 Å². The number of anilines is 2. The number of imidazole rings is 1. The molecule has 5 rings (SSSR count). The Bertz CT molecular complexity index is 1120. The van der Waals surface area contributed by atoms with Crippen molar-refractivity contribution in [2.45, 2.75) is 18.8 Å². The topological polar surface area (TPSA) is 71.7 Å². The van der Waals surface area contributed by atoms with Crippen molar-refractivity contribution in [3.8, 4) is 0 Å². The molecule has 25 heavy (non-hydrogen) atoms. The van der Waals surface area contributed by atoms with Crippen LogP contribution in [0.4, 0.5) is 20.4 Å². The first-order valence-corrected chi connectivity index (χ1v) is 8.11. The molecule has 2 heterocycles. The Morgan fingerprint density at radius 3 is 2.84 bits per heavy atom. The fourth-order valence-corrected chi connectivity index (χ4v) is 3.25. The van der Waals surface area contributed by atoms with Gasteiger partial charge >= 0.3 is 0 Å². The normalized spacial score (nSPS) is 14.5. The Labute approximate surface area is 141 Å². The molecule has 1 aliphatic rings. The highest BCUT2D eigenvalue weighted by Crippen LogP contribution is 2.41. The van der Waals surface area contributed by atoms with Crippen LogP contribution in [0.15, 0.2) is 36.5 Å². The predicted molar refractivity (Wildman–Crippen MR) is 93.4 cm³/mol. The van der Waals surface area contributed by atoms with Crippen LogP contribution in [0.2, 0.25) is 0 Å². The van der Waals surface area contributed by atoms with Crippen molar-refractivity contribution in [2.75, 3.05) is 11.2 Å². The summed E-state index contributed by atoms with van der Waals surface area (Å²) < 4.78 is 28.8. The average molecular weight is 339 g/mol. The number of hydrogen-bond donors (Lipinski definition) is 3. The first-order valence-electron chi connectivity index (χ1n) is 8.11. The first-order chi connectivity index (χ1) is 12.1. The zero-order valence-corrected chi connectivity index (χ0v) is 13.2. The molecule has 4 aromatic rings. The van der Waals surface area contributed by atoms with E-state index in [2.05, 4.69) is 27.4 Å². The second kappa shape index (κ2) is 4.95. The van der Waals surface area contributed by atoms with E-state index in [0.29, 0.717) is 22.9 Å². The van der Waals surface area contributed by atoms with Gasteiger partial charge < -0.3 is 16.1 Å². The Kier molecular flexibility index (Phi) is 2.83. The number of benzene rings is 2. The maximum absolute atomic E-state index is 13.8. The number of fused-ring (bicyclic) bond motifs is 2. The van der Waals surface area contributed by atoms with E-state index in [4.69, 9.17) is 5.84 Å². The summed E-state index contributed by atoms with van der Waals surface area (Å²) in [6.45, 7) is 0. The molecule has 0 saturated heterocycles. The van der Waals surface area contributed by atoms with Gasteiger partial charge in [-0.3, -0.25) is 0 Å². The summed E-state index contributed by atoms with van der Waals surface area (Å²) in [5.41, 5.74) is 3.61. The van der Waals surface area contributed by atoms with Crippen molar-refractivity contribution in [1.29, 1.82) is 0 Å². The first kappa shape index (κ1) is 14.3. The monoisotopic (exact) mass is 339 g/mol. The van der Waals surface area contributed by atoms with Crippen LogP contribution in [-0.2, 0) is 0 Å². The number of nitrogens with one attached hydrogen (secondary N) is 2. The van der Waals surface area contributed by atoms with Gasteiger partial charge in [0, 0.05) is 17.6 Å². The highest BCUT2D eigenvalue weighted by molar-refractivity contribution is 5.94. The third kappa shape index (κ3) is 2.23. The fraction of sp³-hybridized carbons (Fsp3) is 0.167. The quantitative estimate of drug-likeness (QED) is 0.492. The number of H-pyrrole nitrogens is 1. The van der Waals surface area contributed by atoms with Crippen LogP contribution in [0, 0.1) is 11.6 Å². The van der Waals surface area contributed by atoms with Crippen molar-refractivity contribution in [3.05, 3.63) is 53.7 Å². The van der Waals surface area contributed by atoms with Crippen LogP contribution < -0.4 is 11.2 Å². The number of nitrogen functional groups attached to an aromatic ring is 1. The number of aromatic nitrogens is 3. The molecule has 2 aromatic carbocycles. The number of aromatic amines is 1.